The van der Waals surface area contributed by atoms with Crippen molar-refractivity contribution < 1.29 is 17.9 Å². The van der Waals surface area contributed by atoms with Crippen LogP contribution in [0.2, 0.25) is 0 Å². The third-order valence-electron chi connectivity index (χ3n) is 2.48. The molecule has 0 aromatic heterocycles. The maximum atomic E-state index is 11.9. The van der Waals surface area contributed by atoms with Gasteiger partial charge in [-0.3, -0.25) is 9.10 Å². The molecule has 7 heteroatoms. The molecule has 0 saturated carbocycles. The fraction of sp³-hybridized carbons (Fsp3) is 0.308. The minimum atomic E-state index is -3.65. The predicted octanol–water partition coefficient (Wildman–Crippen LogP) is 2.17. The van der Waals surface area contributed by atoms with Crippen LogP contribution in [0.25, 0.3) is 0 Å². The Morgan fingerprint density at radius 2 is 2.20 bits per heavy atom. The minimum absolute atomic E-state index is 0.298. The highest BCUT2D eigenvalue weighted by Gasteiger charge is 2.28. The van der Waals surface area contributed by atoms with Gasteiger partial charge >= 0.3 is 0 Å². The van der Waals surface area contributed by atoms with Gasteiger partial charge in [-0.25, -0.2) is 8.42 Å². The van der Waals surface area contributed by atoms with Crippen molar-refractivity contribution in [1.29, 1.82) is 0 Å². The average molecular weight is 318 g/mol. The van der Waals surface area contributed by atoms with Gasteiger partial charge in [-0.2, -0.15) is 0 Å². The summed E-state index contributed by atoms with van der Waals surface area (Å²) in [7, 11) is -3.65. The van der Waals surface area contributed by atoms with Gasteiger partial charge in [0.1, 0.15) is 18.4 Å². The predicted molar refractivity (Wildman–Crippen MR) is 79.8 cm³/mol. The maximum absolute atomic E-state index is 11.9. The number of anilines is 1. The van der Waals surface area contributed by atoms with Crippen molar-refractivity contribution >= 4 is 32.6 Å². The van der Waals surface area contributed by atoms with Crippen LogP contribution in [-0.2, 0) is 14.8 Å². The Labute approximate surface area is 123 Å². The normalized spacial score (nSPS) is 12.6. The van der Waals surface area contributed by atoms with E-state index < -0.39 is 21.3 Å². The van der Waals surface area contributed by atoms with Crippen LogP contribution in [0.3, 0.4) is 0 Å². The SMILES string of the molecule is C=CCOc1cccc(N(C(C)C(=O)Cl)S(C)(=O)=O)c1. The smallest absolute Gasteiger partial charge is 0.245 e. The van der Waals surface area contributed by atoms with E-state index >= 15 is 0 Å². The highest BCUT2D eigenvalue weighted by molar-refractivity contribution is 7.92. The number of benzene rings is 1. The van der Waals surface area contributed by atoms with Crippen molar-refractivity contribution in [2.24, 2.45) is 0 Å². The number of hydrogen-bond donors (Lipinski definition) is 0. The van der Waals surface area contributed by atoms with E-state index in [0.717, 1.165) is 10.6 Å². The number of carbonyl (C=O) groups excluding carboxylic acids is 1. The topological polar surface area (TPSA) is 63.7 Å². The summed E-state index contributed by atoms with van der Waals surface area (Å²) >= 11 is 5.41. The zero-order chi connectivity index (χ0) is 15.3. The van der Waals surface area contributed by atoms with E-state index in [2.05, 4.69) is 6.58 Å². The second-order valence-corrected chi connectivity index (χ2v) is 6.37. The van der Waals surface area contributed by atoms with Crippen LogP contribution in [0.5, 0.6) is 5.75 Å². The maximum Gasteiger partial charge on any atom is 0.245 e. The zero-order valence-corrected chi connectivity index (χ0v) is 12.8. The first-order chi connectivity index (χ1) is 9.27. The standard InChI is InChI=1S/C13H16ClNO4S/c1-4-8-19-12-7-5-6-11(9-12)15(20(3,17)18)10(2)13(14)16/h4-7,9-10H,1,8H2,2-3H3. The Hall–Kier alpha value is -1.53. The van der Waals surface area contributed by atoms with Crippen molar-refractivity contribution in [2.75, 3.05) is 17.2 Å². The second kappa shape index (κ2) is 6.76. The van der Waals surface area contributed by atoms with E-state index in [4.69, 9.17) is 16.3 Å². The first-order valence-electron chi connectivity index (χ1n) is 5.80. The molecule has 0 aliphatic heterocycles. The number of sulfonamides is 1. The monoisotopic (exact) mass is 317 g/mol. The fourth-order valence-electron chi connectivity index (χ4n) is 1.66. The van der Waals surface area contributed by atoms with Gasteiger partial charge in [0.15, 0.2) is 0 Å². The van der Waals surface area contributed by atoms with E-state index in [9.17, 15) is 13.2 Å². The molecule has 20 heavy (non-hydrogen) atoms. The van der Waals surface area contributed by atoms with E-state index in [0.29, 0.717) is 18.0 Å². The lowest BCUT2D eigenvalue weighted by atomic mass is 10.2. The Morgan fingerprint density at radius 1 is 1.55 bits per heavy atom. The Kier molecular flexibility index (Phi) is 5.59. The van der Waals surface area contributed by atoms with Crippen molar-refractivity contribution in [3.05, 3.63) is 36.9 Å². The Balaban J connectivity index is 3.21. The molecule has 0 spiro atoms. The lowest BCUT2D eigenvalue weighted by Gasteiger charge is -2.26. The molecule has 0 fully saturated rings. The summed E-state index contributed by atoms with van der Waals surface area (Å²) in [6.07, 6.45) is 2.59. The summed E-state index contributed by atoms with van der Waals surface area (Å²) in [5.74, 6) is 0.477. The molecule has 0 aliphatic carbocycles. The third kappa shape index (κ3) is 4.25. The fourth-order valence-corrected chi connectivity index (χ4v) is 2.98. The highest BCUT2D eigenvalue weighted by atomic mass is 35.5. The number of hydrogen-bond acceptors (Lipinski definition) is 4. The summed E-state index contributed by atoms with van der Waals surface area (Å²) < 4.78 is 30.0. The van der Waals surface area contributed by atoms with Crippen LogP contribution in [0.4, 0.5) is 5.69 Å². The molecule has 1 rings (SSSR count). The first kappa shape index (κ1) is 16.5. The molecule has 0 aliphatic rings. The highest BCUT2D eigenvalue weighted by Crippen LogP contribution is 2.26. The Bertz CT molecular complexity index is 600. The van der Waals surface area contributed by atoms with Gasteiger partial charge in [0.25, 0.3) is 0 Å². The molecule has 0 radical (unpaired) electrons. The number of nitrogens with zero attached hydrogens (tertiary/aromatic N) is 1. The minimum Gasteiger partial charge on any atom is -0.489 e. The van der Waals surface area contributed by atoms with Gasteiger partial charge in [-0.15, -0.1) is 0 Å². The van der Waals surface area contributed by atoms with E-state index in [-0.39, 0.29) is 0 Å². The van der Waals surface area contributed by atoms with Gasteiger partial charge in [0, 0.05) is 6.07 Å². The number of rotatable bonds is 7. The van der Waals surface area contributed by atoms with Crippen LogP contribution in [0, 0.1) is 0 Å². The summed E-state index contributed by atoms with van der Waals surface area (Å²) in [5, 5.41) is -0.757. The van der Waals surface area contributed by atoms with Crippen LogP contribution in [0.1, 0.15) is 6.92 Å². The number of carbonyl (C=O) groups is 1. The molecule has 1 aromatic carbocycles. The van der Waals surface area contributed by atoms with E-state index in [1.165, 1.54) is 13.0 Å². The molecule has 1 aromatic rings. The molecule has 1 atom stereocenters. The van der Waals surface area contributed by atoms with Gasteiger partial charge < -0.3 is 4.74 Å². The van der Waals surface area contributed by atoms with Crippen molar-refractivity contribution in [1.82, 2.24) is 0 Å². The lowest BCUT2D eigenvalue weighted by molar-refractivity contribution is -0.112. The molecule has 0 heterocycles. The number of ether oxygens (including phenoxy) is 1. The molecule has 0 N–H and O–H groups in total. The molecule has 1 unspecified atom stereocenters. The van der Waals surface area contributed by atoms with Crippen LogP contribution >= 0.6 is 11.6 Å². The van der Waals surface area contributed by atoms with Crippen molar-refractivity contribution in [3.63, 3.8) is 0 Å². The first-order valence-corrected chi connectivity index (χ1v) is 8.02. The lowest BCUT2D eigenvalue weighted by Crippen LogP contribution is -2.41. The molecule has 0 bridgehead atoms. The van der Waals surface area contributed by atoms with Crippen LogP contribution in [-0.4, -0.2) is 32.6 Å². The van der Waals surface area contributed by atoms with Gasteiger partial charge in [0.05, 0.1) is 11.9 Å². The van der Waals surface area contributed by atoms with Crippen molar-refractivity contribution in [3.8, 4) is 5.75 Å². The van der Waals surface area contributed by atoms with E-state index in [1.807, 2.05) is 0 Å². The summed E-state index contributed by atoms with van der Waals surface area (Å²) in [5.41, 5.74) is 0.315. The molecule has 0 saturated heterocycles. The molecule has 110 valence electrons. The quantitative estimate of drug-likeness (QED) is 0.571. The molecule has 0 amide bonds. The molecular formula is C13H16ClNO4S. The third-order valence-corrected chi connectivity index (χ3v) is 4.03. The summed E-state index contributed by atoms with van der Waals surface area (Å²) in [6.45, 7) is 5.25. The van der Waals surface area contributed by atoms with Gasteiger partial charge in [0.2, 0.25) is 15.3 Å². The largest absolute Gasteiger partial charge is 0.489 e. The van der Waals surface area contributed by atoms with Gasteiger partial charge in [-0.1, -0.05) is 18.7 Å². The van der Waals surface area contributed by atoms with Crippen LogP contribution < -0.4 is 9.04 Å². The average Bonchev–Trinajstić information content (AvgIpc) is 2.35. The molecule has 5 nitrogen and oxygen atoms in total. The van der Waals surface area contributed by atoms with Gasteiger partial charge in [-0.05, 0) is 30.7 Å². The summed E-state index contributed by atoms with van der Waals surface area (Å²) in [4.78, 5) is 11.3. The zero-order valence-electron chi connectivity index (χ0n) is 11.2. The van der Waals surface area contributed by atoms with Crippen LogP contribution in [0.15, 0.2) is 36.9 Å². The molecular weight excluding hydrogens is 302 g/mol. The van der Waals surface area contributed by atoms with E-state index in [1.54, 1.807) is 24.3 Å². The number of halogens is 1. The second-order valence-electron chi connectivity index (χ2n) is 4.14. The Morgan fingerprint density at radius 3 is 2.70 bits per heavy atom. The summed E-state index contributed by atoms with van der Waals surface area (Å²) in [6, 6.07) is 5.41. The van der Waals surface area contributed by atoms with Crippen molar-refractivity contribution in [2.45, 2.75) is 13.0 Å².